The molecule has 1 amide bonds. The van der Waals surface area contributed by atoms with Gasteiger partial charge in [-0.3, -0.25) is 4.79 Å². The van der Waals surface area contributed by atoms with Crippen LogP contribution in [-0.4, -0.2) is 12.5 Å². The molecule has 2 aromatic carbocycles. The van der Waals surface area contributed by atoms with E-state index in [1.54, 1.807) is 0 Å². The van der Waals surface area contributed by atoms with Gasteiger partial charge < -0.3 is 4.90 Å². The van der Waals surface area contributed by atoms with Crippen molar-refractivity contribution >= 4 is 11.6 Å². The number of nitrogens with zero attached hydrogens (tertiary/aromatic N) is 1. The van der Waals surface area contributed by atoms with Crippen LogP contribution in [0.25, 0.3) is 0 Å². The van der Waals surface area contributed by atoms with E-state index >= 15 is 0 Å². The molecule has 3 rings (SSSR count). The van der Waals surface area contributed by atoms with E-state index in [9.17, 15) is 4.79 Å². The van der Waals surface area contributed by atoms with Crippen molar-refractivity contribution in [3.63, 3.8) is 0 Å². The van der Waals surface area contributed by atoms with Gasteiger partial charge in [-0.2, -0.15) is 0 Å². The smallest absolute Gasteiger partial charge is 0.227 e. The number of carbonyl (C=O) groups excluding carboxylic acids is 1. The standard InChI is InChI=1S/C22H27NO/c1-17-8-6-9-18(2)22(17)23-16-20(14-15-21(23)24)13-7-12-19-10-4-3-5-11-19/h3-6,8-11,20H,7,12-16H2,1-2H3. The molecule has 0 saturated carbocycles. The van der Waals surface area contributed by atoms with Crippen molar-refractivity contribution in [3.8, 4) is 0 Å². The third-order valence-electron chi connectivity index (χ3n) is 5.14. The Morgan fingerprint density at radius 1 is 1.00 bits per heavy atom. The molecule has 0 bridgehead atoms. The second kappa shape index (κ2) is 7.65. The lowest BCUT2D eigenvalue weighted by atomic mass is 9.90. The maximum absolute atomic E-state index is 12.5. The number of anilines is 1. The average Bonchev–Trinajstić information content (AvgIpc) is 2.58. The number of amides is 1. The van der Waals surface area contributed by atoms with Gasteiger partial charge >= 0.3 is 0 Å². The minimum Gasteiger partial charge on any atom is -0.312 e. The van der Waals surface area contributed by atoms with Gasteiger partial charge in [0.15, 0.2) is 0 Å². The largest absolute Gasteiger partial charge is 0.312 e. The third kappa shape index (κ3) is 3.87. The zero-order chi connectivity index (χ0) is 16.9. The summed E-state index contributed by atoms with van der Waals surface area (Å²) in [7, 11) is 0. The Bertz CT molecular complexity index is 672. The molecule has 1 heterocycles. The summed E-state index contributed by atoms with van der Waals surface area (Å²) in [5.41, 5.74) is 4.95. The van der Waals surface area contributed by atoms with Crippen LogP contribution in [0.15, 0.2) is 48.5 Å². The van der Waals surface area contributed by atoms with Gasteiger partial charge in [-0.15, -0.1) is 0 Å². The maximum atomic E-state index is 12.5. The normalized spacial score (nSPS) is 18.0. The lowest BCUT2D eigenvalue weighted by Gasteiger charge is -2.34. The molecule has 0 radical (unpaired) electrons. The molecule has 0 N–H and O–H groups in total. The fourth-order valence-electron chi connectivity index (χ4n) is 3.84. The van der Waals surface area contributed by atoms with E-state index in [1.807, 2.05) is 4.90 Å². The Balaban J connectivity index is 1.62. The van der Waals surface area contributed by atoms with Crippen LogP contribution in [0, 0.1) is 19.8 Å². The van der Waals surface area contributed by atoms with Crippen molar-refractivity contribution in [2.24, 2.45) is 5.92 Å². The predicted molar refractivity (Wildman–Crippen MR) is 100 cm³/mol. The summed E-state index contributed by atoms with van der Waals surface area (Å²) in [4.78, 5) is 14.5. The second-order valence-electron chi connectivity index (χ2n) is 7.03. The second-order valence-corrected chi connectivity index (χ2v) is 7.03. The Morgan fingerprint density at radius 3 is 2.42 bits per heavy atom. The molecule has 0 aromatic heterocycles. The van der Waals surface area contributed by atoms with E-state index in [4.69, 9.17) is 0 Å². The molecule has 0 aliphatic carbocycles. The first-order valence-electron chi connectivity index (χ1n) is 9.05. The number of piperidine rings is 1. The molecule has 0 spiro atoms. The lowest BCUT2D eigenvalue weighted by molar-refractivity contribution is -0.120. The fourth-order valence-corrected chi connectivity index (χ4v) is 3.84. The van der Waals surface area contributed by atoms with Crippen LogP contribution < -0.4 is 4.90 Å². The summed E-state index contributed by atoms with van der Waals surface area (Å²) < 4.78 is 0. The van der Waals surface area contributed by atoms with E-state index in [0.29, 0.717) is 12.3 Å². The third-order valence-corrected chi connectivity index (χ3v) is 5.14. The molecule has 2 nitrogen and oxygen atoms in total. The van der Waals surface area contributed by atoms with Gasteiger partial charge in [0.25, 0.3) is 0 Å². The number of para-hydroxylation sites is 1. The van der Waals surface area contributed by atoms with Crippen LogP contribution in [0.5, 0.6) is 0 Å². The minimum atomic E-state index is 0.284. The summed E-state index contributed by atoms with van der Waals surface area (Å²) in [5, 5.41) is 0. The van der Waals surface area contributed by atoms with Gasteiger partial charge in [0, 0.05) is 18.7 Å². The van der Waals surface area contributed by atoms with E-state index in [0.717, 1.165) is 25.1 Å². The number of hydrogen-bond donors (Lipinski definition) is 0. The zero-order valence-corrected chi connectivity index (χ0v) is 14.8. The van der Waals surface area contributed by atoms with Gasteiger partial charge in [-0.25, -0.2) is 0 Å². The number of benzene rings is 2. The molecule has 24 heavy (non-hydrogen) atoms. The highest BCUT2D eigenvalue weighted by molar-refractivity contribution is 5.95. The average molecular weight is 321 g/mol. The molecule has 1 atom stereocenters. The molecule has 1 aliphatic heterocycles. The first kappa shape index (κ1) is 16.8. The Morgan fingerprint density at radius 2 is 1.71 bits per heavy atom. The molecular weight excluding hydrogens is 294 g/mol. The maximum Gasteiger partial charge on any atom is 0.227 e. The number of rotatable bonds is 5. The summed E-state index contributed by atoms with van der Waals surface area (Å²) in [5.74, 6) is 0.900. The van der Waals surface area contributed by atoms with Gasteiger partial charge in [-0.1, -0.05) is 48.5 Å². The minimum absolute atomic E-state index is 0.284. The Kier molecular flexibility index (Phi) is 5.34. The molecule has 2 aromatic rings. The Labute approximate surface area is 145 Å². The fraction of sp³-hybridized carbons (Fsp3) is 0.409. The van der Waals surface area contributed by atoms with Crippen LogP contribution in [0.1, 0.15) is 42.4 Å². The van der Waals surface area contributed by atoms with Crippen LogP contribution >= 0.6 is 0 Å². The highest BCUT2D eigenvalue weighted by Crippen LogP contribution is 2.31. The lowest BCUT2D eigenvalue weighted by Crippen LogP contribution is -2.40. The van der Waals surface area contributed by atoms with Crippen molar-refractivity contribution < 1.29 is 4.79 Å². The van der Waals surface area contributed by atoms with Crippen LogP contribution in [0.4, 0.5) is 5.69 Å². The molecular formula is C22H27NO. The number of carbonyl (C=O) groups is 1. The summed E-state index contributed by atoms with van der Waals surface area (Å²) in [6.45, 7) is 5.09. The summed E-state index contributed by atoms with van der Waals surface area (Å²) >= 11 is 0. The monoisotopic (exact) mass is 321 g/mol. The van der Waals surface area contributed by atoms with Crippen molar-refractivity contribution in [2.75, 3.05) is 11.4 Å². The van der Waals surface area contributed by atoms with E-state index in [2.05, 4.69) is 62.4 Å². The highest BCUT2D eigenvalue weighted by Gasteiger charge is 2.28. The van der Waals surface area contributed by atoms with E-state index in [1.165, 1.54) is 29.5 Å². The molecule has 126 valence electrons. The van der Waals surface area contributed by atoms with Gasteiger partial charge in [-0.05, 0) is 62.1 Å². The van der Waals surface area contributed by atoms with Crippen LogP contribution in [0.3, 0.4) is 0 Å². The van der Waals surface area contributed by atoms with E-state index in [-0.39, 0.29) is 5.91 Å². The first-order valence-corrected chi connectivity index (χ1v) is 9.05. The van der Waals surface area contributed by atoms with E-state index < -0.39 is 0 Å². The van der Waals surface area contributed by atoms with Crippen molar-refractivity contribution in [1.29, 1.82) is 0 Å². The number of aryl methyl sites for hydroxylation is 3. The SMILES string of the molecule is Cc1cccc(C)c1N1CC(CCCc2ccccc2)CCC1=O. The van der Waals surface area contributed by atoms with Crippen molar-refractivity contribution in [3.05, 3.63) is 65.2 Å². The quantitative estimate of drug-likeness (QED) is 0.753. The predicted octanol–water partition coefficient (Wildman–Crippen LogP) is 5.07. The Hall–Kier alpha value is -2.09. The van der Waals surface area contributed by atoms with Crippen LogP contribution in [-0.2, 0) is 11.2 Å². The van der Waals surface area contributed by atoms with Crippen molar-refractivity contribution in [2.45, 2.75) is 46.0 Å². The molecule has 1 fully saturated rings. The van der Waals surface area contributed by atoms with Gasteiger partial charge in [0.05, 0.1) is 0 Å². The van der Waals surface area contributed by atoms with Gasteiger partial charge in [0.2, 0.25) is 5.91 Å². The molecule has 1 unspecified atom stereocenters. The highest BCUT2D eigenvalue weighted by atomic mass is 16.2. The number of hydrogen-bond acceptors (Lipinski definition) is 1. The van der Waals surface area contributed by atoms with Gasteiger partial charge in [0.1, 0.15) is 0 Å². The van der Waals surface area contributed by atoms with Crippen molar-refractivity contribution in [1.82, 2.24) is 0 Å². The molecule has 1 aliphatic rings. The summed E-state index contributed by atoms with van der Waals surface area (Å²) in [6.07, 6.45) is 5.25. The first-order chi connectivity index (χ1) is 11.6. The van der Waals surface area contributed by atoms with Crippen LogP contribution in [0.2, 0.25) is 0 Å². The topological polar surface area (TPSA) is 20.3 Å². The zero-order valence-electron chi connectivity index (χ0n) is 14.8. The molecule has 2 heteroatoms. The summed E-state index contributed by atoms with van der Waals surface area (Å²) in [6, 6.07) is 17.0. The molecule has 1 saturated heterocycles.